The van der Waals surface area contributed by atoms with Crippen LogP contribution in [0.2, 0.25) is 0 Å². The van der Waals surface area contributed by atoms with Crippen LogP contribution >= 0.6 is 0 Å². The predicted octanol–water partition coefficient (Wildman–Crippen LogP) is 1.44. The molecule has 0 atom stereocenters. The number of sulfonamides is 1. The number of rotatable bonds is 5. The second-order valence-corrected chi connectivity index (χ2v) is 7.67. The summed E-state index contributed by atoms with van der Waals surface area (Å²) in [5.74, 6) is -1.03. The minimum Gasteiger partial charge on any atom is -0.478 e. The van der Waals surface area contributed by atoms with Gasteiger partial charge in [0.1, 0.15) is 5.82 Å². The molecule has 0 fully saturated rings. The van der Waals surface area contributed by atoms with Crippen LogP contribution in [-0.2, 0) is 16.6 Å². The van der Waals surface area contributed by atoms with Crippen molar-refractivity contribution in [1.29, 1.82) is 0 Å². The van der Waals surface area contributed by atoms with E-state index >= 15 is 0 Å². The van der Waals surface area contributed by atoms with Crippen LogP contribution in [-0.4, -0.2) is 40.8 Å². The molecular weight excluding hydrogens is 358 g/mol. The lowest BCUT2D eigenvalue weighted by Crippen LogP contribution is -2.28. The van der Waals surface area contributed by atoms with Gasteiger partial charge in [-0.1, -0.05) is 18.2 Å². The summed E-state index contributed by atoms with van der Waals surface area (Å²) in [6.45, 7) is -0.167. The first-order valence-corrected chi connectivity index (χ1v) is 9.00. The van der Waals surface area contributed by atoms with Gasteiger partial charge in [0, 0.05) is 7.05 Å². The highest BCUT2D eigenvalue weighted by atomic mass is 32.2. The van der Waals surface area contributed by atoms with Crippen molar-refractivity contribution in [2.24, 2.45) is 0 Å². The first kappa shape index (κ1) is 17.8. The highest BCUT2D eigenvalue weighted by Crippen LogP contribution is 2.17. The lowest BCUT2D eigenvalue weighted by Gasteiger charge is -2.17. The fourth-order valence-electron chi connectivity index (χ4n) is 2.48. The molecule has 2 N–H and O–H groups in total. The minimum atomic E-state index is -3.95. The van der Waals surface area contributed by atoms with Gasteiger partial charge >= 0.3 is 5.97 Å². The maximum absolute atomic E-state index is 12.7. The molecule has 26 heavy (non-hydrogen) atoms. The molecule has 0 aliphatic carbocycles. The summed E-state index contributed by atoms with van der Waals surface area (Å²) in [4.78, 5) is 29.8. The predicted molar refractivity (Wildman–Crippen MR) is 94.4 cm³/mol. The lowest BCUT2D eigenvalue weighted by atomic mass is 10.2. The highest BCUT2D eigenvalue weighted by molar-refractivity contribution is 7.89. The number of aromatic amines is 1. The largest absolute Gasteiger partial charge is 0.478 e. The van der Waals surface area contributed by atoms with E-state index in [0.717, 1.165) is 10.4 Å². The number of fused-ring (bicyclic) bond motifs is 1. The van der Waals surface area contributed by atoms with Crippen molar-refractivity contribution in [2.45, 2.75) is 11.4 Å². The van der Waals surface area contributed by atoms with E-state index in [1.807, 2.05) is 0 Å². The number of aromatic nitrogens is 2. The zero-order valence-corrected chi connectivity index (χ0v) is 14.5. The molecule has 0 amide bonds. The SMILES string of the molecule is CN(Cc1nc2ccccc2c(=O)[nH]1)S(=O)(=O)c1cccc(C(=O)O)c1. The first-order chi connectivity index (χ1) is 12.3. The second-order valence-electron chi connectivity index (χ2n) is 5.62. The quantitative estimate of drug-likeness (QED) is 0.698. The Morgan fingerprint density at radius 3 is 2.65 bits per heavy atom. The zero-order valence-electron chi connectivity index (χ0n) is 13.7. The fraction of sp³-hybridized carbons (Fsp3) is 0.118. The standard InChI is InChI=1S/C17H15N3O5S/c1-20(26(24,25)12-6-4-5-11(9-12)17(22)23)10-15-18-14-8-3-2-7-13(14)16(21)19-15/h2-9H,10H2,1H3,(H,22,23)(H,18,19,21). The van der Waals surface area contributed by atoms with Crippen molar-refractivity contribution in [3.63, 3.8) is 0 Å². The van der Waals surface area contributed by atoms with E-state index in [4.69, 9.17) is 5.11 Å². The highest BCUT2D eigenvalue weighted by Gasteiger charge is 2.23. The molecule has 0 saturated heterocycles. The molecule has 0 aliphatic heterocycles. The maximum atomic E-state index is 12.7. The third-order valence-electron chi connectivity index (χ3n) is 3.82. The van der Waals surface area contributed by atoms with Crippen LogP contribution in [0.25, 0.3) is 10.9 Å². The summed E-state index contributed by atoms with van der Waals surface area (Å²) >= 11 is 0. The summed E-state index contributed by atoms with van der Waals surface area (Å²) < 4.78 is 26.3. The number of hydrogen-bond acceptors (Lipinski definition) is 5. The molecule has 0 spiro atoms. The van der Waals surface area contributed by atoms with Crippen LogP contribution in [0.4, 0.5) is 0 Å². The molecule has 0 saturated carbocycles. The number of carboxylic acid groups (broad SMARTS) is 1. The van der Waals surface area contributed by atoms with Crippen LogP contribution in [0.1, 0.15) is 16.2 Å². The van der Waals surface area contributed by atoms with Crippen LogP contribution < -0.4 is 5.56 Å². The Hall–Kier alpha value is -3.04. The molecule has 0 aliphatic rings. The van der Waals surface area contributed by atoms with Crippen molar-refractivity contribution in [1.82, 2.24) is 14.3 Å². The summed E-state index contributed by atoms with van der Waals surface area (Å²) in [7, 11) is -2.62. The number of carboxylic acids is 1. The Morgan fingerprint density at radius 1 is 1.19 bits per heavy atom. The molecule has 2 aromatic carbocycles. The van der Waals surface area contributed by atoms with Crippen molar-refractivity contribution in [3.05, 3.63) is 70.3 Å². The molecule has 1 aromatic heterocycles. The molecule has 0 radical (unpaired) electrons. The minimum absolute atomic E-state index is 0.128. The Kier molecular flexibility index (Phi) is 4.58. The van der Waals surface area contributed by atoms with Gasteiger partial charge in [-0.2, -0.15) is 4.31 Å². The molecule has 3 aromatic rings. The molecule has 0 bridgehead atoms. The van der Waals surface area contributed by atoms with E-state index in [-0.39, 0.29) is 28.4 Å². The van der Waals surface area contributed by atoms with Gasteiger partial charge in [0.2, 0.25) is 10.0 Å². The fourth-order valence-corrected chi connectivity index (χ4v) is 3.65. The van der Waals surface area contributed by atoms with Gasteiger partial charge < -0.3 is 10.1 Å². The summed E-state index contributed by atoms with van der Waals surface area (Å²) in [5.41, 5.74) is -0.0223. The molecule has 134 valence electrons. The Morgan fingerprint density at radius 2 is 1.92 bits per heavy atom. The van der Waals surface area contributed by atoms with E-state index in [2.05, 4.69) is 9.97 Å². The van der Waals surface area contributed by atoms with Gasteiger partial charge in [0.05, 0.1) is 27.9 Å². The molecule has 8 nitrogen and oxygen atoms in total. The van der Waals surface area contributed by atoms with E-state index in [1.54, 1.807) is 24.3 Å². The average Bonchev–Trinajstić information content (AvgIpc) is 2.61. The van der Waals surface area contributed by atoms with Gasteiger partial charge in [-0.05, 0) is 30.3 Å². The second kappa shape index (κ2) is 6.70. The molecule has 3 rings (SSSR count). The van der Waals surface area contributed by atoms with Crippen LogP contribution in [0, 0.1) is 0 Å². The van der Waals surface area contributed by atoms with Gasteiger partial charge in [0.25, 0.3) is 5.56 Å². The summed E-state index contributed by atoms with van der Waals surface area (Å²) in [6, 6.07) is 11.8. The lowest BCUT2D eigenvalue weighted by molar-refractivity contribution is 0.0696. The molecule has 9 heteroatoms. The van der Waals surface area contributed by atoms with Gasteiger partial charge in [-0.15, -0.1) is 0 Å². The number of carbonyl (C=O) groups is 1. The molecule has 0 unspecified atom stereocenters. The van der Waals surface area contributed by atoms with Crippen LogP contribution in [0.3, 0.4) is 0 Å². The number of nitrogens with one attached hydrogen (secondary N) is 1. The Labute approximate surface area is 148 Å². The van der Waals surface area contributed by atoms with Crippen molar-refractivity contribution in [2.75, 3.05) is 7.05 Å². The number of hydrogen-bond donors (Lipinski definition) is 2. The number of benzene rings is 2. The number of H-pyrrole nitrogens is 1. The van der Waals surface area contributed by atoms with Crippen molar-refractivity contribution in [3.8, 4) is 0 Å². The topological polar surface area (TPSA) is 120 Å². The number of nitrogens with zero attached hydrogens (tertiary/aromatic N) is 2. The van der Waals surface area contributed by atoms with Crippen LogP contribution in [0.15, 0.2) is 58.2 Å². The van der Waals surface area contributed by atoms with E-state index in [0.29, 0.717) is 10.9 Å². The van der Waals surface area contributed by atoms with E-state index in [1.165, 1.54) is 25.2 Å². The molecule has 1 heterocycles. The third kappa shape index (κ3) is 3.35. The average molecular weight is 373 g/mol. The Balaban J connectivity index is 1.94. The summed E-state index contributed by atoms with van der Waals surface area (Å²) in [6.07, 6.45) is 0. The molecular formula is C17H15N3O5S. The van der Waals surface area contributed by atoms with E-state index in [9.17, 15) is 18.0 Å². The number of para-hydroxylation sites is 1. The van der Waals surface area contributed by atoms with Crippen LogP contribution in [0.5, 0.6) is 0 Å². The van der Waals surface area contributed by atoms with Gasteiger partial charge in [0.15, 0.2) is 0 Å². The van der Waals surface area contributed by atoms with Gasteiger partial charge in [-0.25, -0.2) is 18.2 Å². The monoisotopic (exact) mass is 373 g/mol. The van der Waals surface area contributed by atoms with Crippen molar-refractivity contribution >= 4 is 26.9 Å². The summed E-state index contributed by atoms with van der Waals surface area (Å²) in [5, 5.41) is 9.43. The van der Waals surface area contributed by atoms with Gasteiger partial charge in [-0.3, -0.25) is 4.79 Å². The number of aromatic carboxylic acids is 1. The maximum Gasteiger partial charge on any atom is 0.335 e. The van der Waals surface area contributed by atoms with E-state index < -0.39 is 16.0 Å². The Bertz CT molecular complexity index is 1150. The van der Waals surface area contributed by atoms with Crippen molar-refractivity contribution < 1.29 is 18.3 Å². The normalized spacial score (nSPS) is 11.8. The zero-order chi connectivity index (χ0) is 18.9. The first-order valence-electron chi connectivity index (χ1n) is 7.56. The third-order valence-corrected chi connectivity index (χ3v) is 5.62. The smallest absolute Gasteiger partial charge is 0.335 e.